The molecule has 2 rings (SSSR count). The number of hydrogen-bond acceptors (Lipinski definition) is 5. The number of aryl methyl sites for hydroxylation is 2. The number of carbonyl (C=O) groups is 2. The molecular formula is C18H20N4O4. The van der Waals surface area contributed by atoms with Gasteiger partial charge in [-0.15, -0.1) is 0 Å². The fourth-order valence-electron chi connectivity index (χ4n) is 2.64. The summed E-state index contributed by atoms with van der Waals surface area (Å²) in [5.74, 6) is -1.06. The SMILES string of the molecule is Cc1cccc(C)c1NC(=O)CN(C)c1ccc(C(N)=O)cc1[N+](=O)[O-]. The number of nitrogens with two attached hydrogens (primary N) is 1. The molecular weight excluding hydrogens is 336 g/mol. The van der Waals surface area contributed by atoms with Crippen molar-refractivity contribution in [3.63, 3.8) is 0 Å². The van der Waals surface area contributed by atoms with Crippen molar-refractivity contribution >= 4 is 28.9 Å². The number of nitrogens with zero attached hydrogens (tertiary/aromatic N) is 2. The van der Waals surface area contributed by atoms with Crippen LogP contribution in [0.1, 0.15) is 21.5 Å². The molecule has 0 aliphatic rings. The standard InChI is InChI=1S/C18H20N4O4/c1-11-5-4-6-12(2)17(11)20-16(23)10-21(3)14-8-7-13(18(19)24)9-15(14)22(25)26/h4-9H,10H2,1-3H3,(H2,19,24)(H,20,23). The van der Waals surface area contributed by atoms with Gasteiger partial charge in [-0.2, -0.15) is 0 Å². The molecule has 0 heterocycles. The smallest absolute Gasteiger partial charge is 0.293 e. The van der Waals surface area contributed by atoms with Crippen LogP contribution < -0.4 is 16.0 Å². The maximum atomic E-state index is 12.4. The fourth-order valence-corrected chi connectivity index (χ4v) is 2.64. The van der Waals surface area contributed by atoms with Crippen molar-refractivity contribution in [1.29, 1.82) is 0 Å². The van der Waals surface area contributed by atoms with Gasteiger partial charge in [0.1, 0.15) is 5.69 Å². The molecule has 0 aliphatic heterocycles. The van der Waals surface area contributed by atoms with Crippen molar-refractivity contribution in [2.45, 2.75) is 13.8 Å². The van der Waals surface area contributed by atoms with Crippen molar-refractivity contribution in [2.24, 2.45) is 5.73 Å². The van der Waals surface area contributed by atoms with Crippen LogP contribution in [0.3, 0.4) is 0 Å². The highest BCUT2D eigenvalue weighted by Crippen LogP contribution is 2.28. The summed E-state index contributed by atoms with van der Waals surface area (Å²) >= 11 is 0. The van der Waals surface area contributed by atoms with Gasteiger partial charge in [-0.25, -0.2) is 0 Å². The molecule has 2 aromatic carbocycles. The van der Waals surface area contributed by atoms with Crippen LogP contribution in [0.2, 0.25) is 0 Å². The number of primary amides is 1. The number of nitro benzene ring substituents is 1. The van der Waals surface area contributed by atoms with Crippen molar-refractivity contribution in [1.82, 2.24) is 0 Å². The minimum Gasteiger partial charge on any atom is -0.366 e. The number of anilines is 2. The van der Waals surface area contributed by atoms with Gasteiger partial charge in [0.05, 0.1) is 11.5 Å². The van der Waals surface area contributed by atoms with Crippen molar-refractivity contribution in [3.8, 4) is 0 Å². The average Bonchev–Trinajstić information content (AvgIpc) is 2.57. The molecule has 0 unspecified atom stereocenters. The zero-order valence-corrected chi connectivity index (χ0v) is 14.8. The third-order valence-electron chi connectivity index (χ3n) is 3.99. The Kier molecular flexibility index (Phi) is 5.56. The van der Waals surface area contributed by atoms with Gasteiger partial charge in [-0.3, -0.25) is 19.7 Å². The summed E-state index contributed by atoms with van der Waals surface area (Å²) in [5.41, 5.74) is 7.71. The van der Waals surface area contributed by atoms with Crippen LogP contribution in [0.25, 0.3) is 0 Å². The third-order valence-corrected chi connectivity index (χ3v) is 3.99. The summed E-state index contributed by atoms with van der Waals surface area (Å²) in [6.45, 7) is 3.68. The number of amides is 2. The minimum atomic E-state index is -0.755. The number of benzene rings is 2. The second-order valence-electron chi connectivity index (χ2n) is 6.00. The molecule has 0 saturated carbocycles. The molecule has 8 nitrogen and oxygen atoms in total. The van der Waals surface area contributed by atoms with Gasteiger partial charge in [0.2, 0.25) is 11.8 Å². The molecule has 0 radical (unpaired) electrons. The van der Waals surface area contributed by atoms with Crippen molar-refractivity contribution in [2.75, 3.05) is 23.8 Å². The number of rotatable bonds is 6. The molecule has 0 aromatic heterocycles. The lowest BCUT2D eigenvalue weighted by atomic mass is 10.1. The largest absolute Gasteiger partial charge is 0.366 e. The van der Waals surface area contributed by atoms with Gasteiger partial charge in [0, 0.05) is 24.4 Å². The van der Waals surface area contributed by atoms with E-state index in [0.29, 0.717) is 0 Å². The first-order valence-corrected chi connectivity index (χ1v) is 7.86. The van der Waals surface area contributed by atoms with Crippen LogP contribution >= 0.6 is 0 Å². The molecule has 2 aromatic rings. The maximum absolute atomic E-state index is 12.4. The Labute approximate surface area is 150 Å². The van der Waals surface area contributed by atoms with Gasteiger partial charge in [-0.05, 0) is 37.1 Å². The number of nitro groups is 1. The summed E-state index contributed by atoms with van der Waals surface area (Å²) in [4.78, 5) is 35.7. The van der Waals surface area contributed by atoms with Crippen LogP contribution in [0.15, 0.2) is 36.4 Å². The Morgan fingerprint density at radius 3 is 2.35 bits per heavy atom. The van der Waals surface area contributed by atoms with E-state index < -0.39 is 10.8 Å². The van der Waals surface area contributed by atoms with E-state index in [1.54, 1.807) is 7.05 Å². The van der Waals surface area contributed by atoms with E-state index in [9.17, 15) is 19.7 Å². The lowest BCUT2D eigenvalue weighted by Crippen LogP contribution is -2.31. The van der Waals surface area contributed by atoms with Gasteiger partial charge >= 0.3 is 0 Å². The number of likely N-dealkylation sites (N-methyl/N-ethyl adjacent to an activating group) is 1. The molecule has 8 heteroatoms. The molecule has 3 N–H and O–H groups in total. The summed E-state index contributed by atoms with van der Waals surface area (Å²) in [7, 11) is 1.57. The van der Waals surface area contributed by atoms with Crippen LogP contribution in [0.5, 0.6) is 0 Å². The molecule has 0 fully saturated rings. The van der Waals surface area contributed by atoms with E-state index in [0.717, 1.165) is 22.9 Å². The molecule has 0 saturated heterocycles. The molecule has 26 heavy (non-hydrogen) atoms. The molecule has 0 atom stereocenters. The Balaban J connectivity index is 2.21. The van der Waals surface area contributed by atoms with E-state index in [1.165, 1.54) is 17.0 Å². The highest BCUT2D eigenvalue weighted by Gasteiger charge is 2.21. The highest BCUT2D eigenvalue weighted by atomic mass is 16.6. The fraction of sp³-hybridized carbons (Fsp3) is 0.222. The third kappa shape index (κ3) is 4.15. The zero-order valence-electron chi connectivity index (χ0n) is 14.8. The zero-order chi connectivity index (χ0) is 19.4. The van der Waals surface area contributed by atoms with E-state index in [4.69, 9.17) is 5.73 Å². The van der Waals surface area contributed by atoms with Crippen LogP contribution in [0.4, 0.5) is 17.1 Å². The molecule has 136 valence electrons. The van der Waals surface area contributed by atoms with Crippen LogP contribution in [-0.2, 0) is 4.79 Å². The van der Waals surface area contributed by atoms with Crippen LogP contribution in [0, 0.1) is 24.0 Å². The van der Waals surface area contributed by atoms with E-state index >= 15 is 0 Å². The Morgan fingerprint density at radius 2 is 1.81 bits per heavy atom. The predicted octanol–water partition coefficient (Wildman–Crippen LogP) is 2.39. The van der Waals surface area contributed by atoms with Gasteiger partial charge in [0.25, 0.3) is 5.69 Å². The number of hydrogen-bond donors (Lipinski definition) is 2. The first-order valence-electron chi connectivity index (χ1n) is 7.86. The van der Waals surface area contributed by atoms with E-state index in [2.05, 4.69) is 5.32 Å². The molecule has 0 aliphatic carbocycles. The average molecular weight is 356 g/mol. The maximum Gasteiger partial charge on any atom is 0.293 e. The monoisotopic (exact) mass is 356 g/mol. The van der Waals surface area contributed by atoms with Crippen molar-refractivity contribution in [3.05, 3.63) is 63.2 Å². The Bertz CT molecular complexity index is 859. The van der Waals surface area contributed by atoms with Crippen molar-refractivity contribution < 1.29 is 14.5 Å². The first kappa shape index (κ1) is 18.9. The number of para-hydroxylation sites is 1. The summed E-state index contributed by atoms with van der Waals surface area (Å²) in [6.07, 6.45) is 0. The van der Waals surface area contributed by atoms with E-state index in [1.807, 2.05) is 32.0 Å². The lowest BCUT2D eigenvalue weighted by Gasteiger charge is -2.20. The normalized spacial score (nSPS) is 10.3. The predicted molar refractivity (Wildman–Crippen MR) is 99.4 cm³/mol. The van der Waals surface area contributed by atoms with Crippen LogP contribution in [-0.4, -0.2) is 30.3 Å². The topological polar surface area (TPSA) is 119 Å². The lowest BCUT2D eigenvalue weighted by molar-refractivity contribution is -0.384. The molecule has 2 amide bonds. The Hall–Kier alpha value is -3.42. The molecule has 0 bridgehead atoms. The van der Waals surface area contributed by atoms with E-state index in [-0.39, 0.29) is 29.4 Å². The summed E-state index contributed by atoms with van der Waals surface area (Å²) in [6, 6.07) is 9.59. The highest BCUT2D eigenvalue weighted by molar-refractivity contribution is 5.97. The quantitative estimate of drug-likeness (QED) is 0.608. The van der Waals surface area contributed by atoms with Gasteiger partial charge in [0.15, 0.2) is 0 Å². The van der Waals surface area contributed by atoms with Gasteiger partial charge in [-0.1, -0.05) is 18.2 Å². The first-order chi connectivity index (χ1) is 12.2. The van der Waals surface area contributed by atoms with Gasteiger partial charge < -0.3 is 16.0 Å². The number of carbonyl (C=O) groups excluding carboxylic acids is 2. The Morgan fingerprint density at radius 1 is 1.19 bits per heavy atom. The second kappa shape index (κ2) is 7.64. The summed E-state index contributed by atoms with van der Waals surface area (Å²) in [5, 5.41) is 14.1. The number of nitrogens with one attached hydrogen (secondary N) is 1. The molecule has 0 spiro atoms. The minimum absolute atomic E-state index is 0.0360. The second-order valence-corrected chi connectivity index (χ2v) is 6.00. The summed E-state index contributed by atoms with van der Waals surface area (Å²) < 4.78 is 0.